The number of rotatable bonds is 10. The van der Waals surface area contributed by atoms with Crippen LogP contribution in [-0.4, -0.2) is 91.1 Å². The average Bonchev–Trinajstić information content (AvgIpc) is 3.17. The van der Waals surface area contributed by atoms with Crippen molar-refractivity contribution in [2.75, 3.05) is 26.4 Å². The van der Waals surface area contributed by atoms with E-state index in [4.69, 9.17) is 42.1 Å². The first-order valence-electron chi connectivity index (χ1n) is 17.0. The molecular formula is C39H50ClLiN6O9. The van der Waals surface area contributed by atoms with E-state index in [1.54, 1.807) is 19.9 Å². The van der Waals surface area contributed by atoms with E-state index >= 15 is 0 Å². The van der Waals surface area contributed by atoms with Crippen LogP contribution in [0.15, 0.2) is 37.2 Å². The molecule has 1 unspecified atom stereocenters. The maximum Gasteiger partial charge on any atom is 1.00 e. The van der Waals surface area contributed by atoms with Crippen LogP contribution < -0.4 is 18.9 Å². The minimum absolute atomic E-state index is 0. The minimum atomic E-state index is -1.06. The number of carbonyl (C=O) groups is 3. The molecule has 1 aliphatic rings. The molecule has 0 bridgehead atoms. The molecule has 4 heterocycles. The van der Waals surface area contributed by atoms with Gasteiger partial charge in [-0.2, -0.15) is 0 Å². The van der Waals surface area contributed by atoms with Crippen LogP contribution in [0, 0.1) is 36.0 Å². The quantitative estimate of drug-likeness (QED) is 0.102. The fourth-order valence-electron chi connectivity index (χ4n) is 3.58. The molecule has 0 aromatic carbocycles. The first-order valence-corrected chi connectivity index (χ1v) is 17.4. The van der Waals surface area contributed by atoms with Crippen LogP contribution in [0.4, 0.5) is 0 Å². The standard InChI is InChI=1S/C12H14N2O2.C10H10N2O2.C9H14O2.C7H7ClN2O2.CH4.Li.H2O/c1-3-5-6-7-10-8-11(14-9-13-10)12(15)16-4-2;1-2-3-4-5-8-6-9(10(13)14)12-7-11-8;1-2-3-7-10-9-6-4-5-8-11-9;1-2-12-7(11)5-3-6(8)10-4-9-5;;;/h8-9H,3-5H2,1-2H3;6-7H,2-3H2,1H3,(H,13,14);1,9H,3-8H2;3-4H,2H2,1H3;1H4;;1H2/q;;;;;+1;/p-1. The van der Waals surface area contributed by atoms with Crippen LogP contribution in [0.1, 0.15) is 129 Å². The van der Waals surface area contributed by atoms with Crippen molar-refractivity contribution in [3.8, 4) is 36.0 Å². The zero-order valence-electron chi connectivity index (χ0n) is 31.9. The number of halogens is 1. The zero-order valence-corrected chi connectivity index (χ0v) is 32.7. The van der Waals surface area contributed by atoms with Crippen molar-refractivity contribution in [3.63, 3.8) is 0 Å². The summed E-state index contributed by atoms with van der Waals surface area (Å²) in [7, 11) is 0. The number of ether oxygens (including phenoxy) is 4. The molecule has 0 amide bonds. The third kappa shape index (κ3) is 26.0. The number of hydrogen-bond donors (Lipinski definition) is 1. The molecule has 0 spiro atoms. The average molecular weight is 789 g/mol. The van der Waals surface area contributed by atoms with Crippen LogP contribution in [0.5, 0.6) is 0 Å². The number of carboxylic acids is 1. The van der Waals surface area contributed by atoms with Crippen molar-refractivity contribution in [1.82, 2.24) is 29.9 Å². The van der Waals surface area contributed by atoms with E-state index in [0.29, 0.717) is 37.6 Å². The largest absolute Gasteiger partial charge is 1.00 e. The molecule has 15 nitrogen and oxygen atoms in total. The second-order valence-corrected chi connectivity index (χ2v) is 10.7. The van der Waals surface area contributed by atoms with Crippen LogP contribution >= 0.6 is 11.6 Å². The smallest absolute Gasteiger partial charge is 0.870 e. The molecule has 0 saturated carbocycles. The molecule has 1 aliphatic heterocycles. The molecule has 3 aromatic heterocycles. The predicted octanol–water partition coefficient (Wildman–Crippen LogP) is 3.45. The Balaban J connectivity index is -0.000000663. The summed E-state index contributed by atoms with van der Waals surface area (Å²) in [4.78, 5) is 55.5. The number of nitrogens with zero attached hydrogens (tertiary/aromatic N) is 6. The molecule has 1 atom stereocenters. The number of aromatic carboxylic acids is 1. The summed E-state index contributed by atoms with van der Waals surface area (Å²) in [6.45, 7) is 9.67. The van der Waals surface area contributed by atoms with Crippen LogP contribution in [0.2, 0.25) is 5.15 Å². The third-order valence-corrected chi connectivity index (χ3v) is 6.23. The SMILES string of the molecule is C.C#CCCOC1CCCCO1.CCCC#Cc1cc(C(=O)O)ncn1.CCCC#Cc1cc(C(=O)OCC)ncn1.CCOC(=O)c1cc(Cl)ncn1.[Li+].[OH-]. The first kappa shape index (κ1) is 55.4. The summed E-state index contributed by atoms with van der Waals surface area (Å²) in [5.74, 6) is 12.0. The molecule has 1 saturated heterocycles. The monoisotopic (exact) mass is 788 g/mol. The van der Waals surface area contributed by atoms with Gasteiger partial charge in [0.1, 0.15) is 35.5 Å². The second kappa shape index (κ2) is 35.8. The fraction of sp³-hybridized carbons (Fsp3) is 0.462. The number of carboxylic acid groups (broad SMARTS) is 1. The Morgan fingerprint density at radius 1 is 0.804 bits per heavy atom. The molecule has 3 aromatic rings. The van der Waals surface area contributed by atoms with E-state index in [9.17, 15) is 14.4 Å². The van der Waals surface area contributed by atoms with Gasteiger partial charge in [0.2, 0.25) is 0 Å². The van der Waals surface area contributed by atoms with Gasteiger partial charge in [-0.25, -0.2) is 44.3 Å². The van der Waals surface area contributed by atoms with Crippen molar-refractivity contribution in [2.45, 2.75) is 92.8 Å². The normalized spacial score (nSPS) is 11.7. The number of unbranched alkanes of at least 4 members (excludes halogenated alkanes) is 2. The molecule has 1 fully saturated rings. The van der Waals surface area contributed by atoms with Crippen molar-refractivity contribution in [3.05, 3.63) is 70.8 Å². The van der Waals surface area contributed by atoms with Gasteiger partial charge in [0.15, 0.2) is 23.4 Å². The molecule has 0 aliphatic carbocycles. The first-order chi connectivity index (χ1) is 25.7. The van der Waals surface area contributed by atoms with E-state index in [1.807, 2.05) is 6.92 Å². The van der Waals surface area contributed by atoms with Crippen molar-refractivity contribution in [2.24, 2.45) is 0 Å². The van der Waals surface area contributed by atoms with Gasteiger partial charge in [-0.3, -0.25) is 0 Å². The molecule has 0 radical (unpaired) electrons. The van der Waals surface area contributed by atoms with Gasteiger partial charge in [0, 0.05) is 44.1 Å². The van der Waals surface area contributed by atoms with E-state index < -0.39 is 17.9 Å². The Hall–Kier alpha value is -4.90. The van der Waals surface area contributed by atoms with Gasteiger partial charge in [-0.05, 0) is 57.8 Å². The van der Waals surface area contributed by atoms with Gasteiger partial charge < -0.3 is 29.5 Å². The number of carbonyl (C=O) groups excluding carboxylic acids is 2. The third-order valence-electron chi connectivity index (χ3n) is 6.03. The number of esters is 2. The van der Waals surface area contributed by atoms with Gasteiger partial charge in [-0.1, -0.05) is 44.7 Å². The summed E-state index contributed by atoms with van der Waals surface area (Å²) >= 11 is 5.53. The van der Waals surface area contributed by atoms with Crippen molar-refractivity contribution < 1.29 is 62.8 Å². The minimum Gasteiger partial charge on any atom is -0.870 e. The number of terminal acetylenes is 1. The van der Waals surface area contributed by atoms with Gasteiger partial charge in [-0.15, -0.1) is 12.3 Å². The van der Waals surface area contributed by atoms with Gasteiger partial charge in [0.25, 0.3) is 0 Å². The van der Waals surface area contributed by atoms with Gasteiger partial charge >= 0.3 is 36.8 Å². The van der Waals surface area contributed by atoms with E-state index in [2.05, 4.69) is 66.4 Å². The summed E-state index contributed by atoms with van der Waals surface area (Å²) in [6, 6.07) is 4.27. The molecule has 298 valence electrons. The van der Waals surface area contributed by atoms with Crippen molar-refractivity contribution in [1.29, 1.82) is 0 Å². The van der Waals surface area contributed by atoms with Gasteiger partial charge in [0.05, 0.1) is 19.8 Å². The molecule has 4 rings (SSSR count). The summed E-state index contributed by atoms with van der Waals surface area (Å²) in [5, 5.41) is 8.87. The second-order valence-electron chi connectivity index (χ2n) is 10.3. The fourth-order valence-corrected chi connectivity index (χ4v) is 3.73. The Kier molecular flexibility index (Phi) is 35.4. The van der Waals surface area contributed by atoms with Crippen molar-refractivity contribution >= 4 is 29.5 Å². The Morgan fingerprint density at radius 2 is 1.30 bits per heavy atom. The van der Waals surface area contributed by atoms with Crippen LogP contribution in [0.25, 0.3) is 0 Å². The van der Waals surface area contributed by atoms with E-state index in [0.717, 1.165) is 45.1 Å². The number of aromatic nitrogens is 6. The predicted molar refractivity (Wildman–Crippen MR) is 205 cm³/mol. The Morgan fingerprint density at radius 3 is 1.75 bits per heavy atom. The molecular weight excluding hydrogens is 739 g/mol. The summed E-state index contributed by atoms with van der Waals surface area (Å²) in [6.07, 6.45) is 16.5. The Labute approximate surface area is 347 Å². The van der Waals surface area contributed by atoms with Crippen LogP contribution in [-0.2, 0) is 18.9 Å². The summed E-state index contributed by atoms with van der Waals surface area (Å²) < 4.78 is 20.2. The summed E-state index contributed by atoms with van der Waals surface area (Å²) in [5.41, 5.74) is 1.40. The zero-order chi connectivity index (χ0) is 39.1. The van der Waals surface area contributed by atoms with E-state index in [-0.39, 0.29) is 60.3 Å². The van der Waals surface area contributed by atoms with E-state index in [1.165, 1.54) is 37.5 Å². The molecule has 56 heavy (non-hydrogen) atoms. The van der Waals surface area contributed by atoms with Crippen LogP contribution in [0.3, 0.4) is 0 Å². The molecule has 2 N–H and O–H groups in total. The topological polar surface area (TPSA) is 216 Å². The Bertz CT molecular complexity index is 1730. The molecule has 17 heteroatoms. The maximum absolute atomic E-state index is 11.4. The maximum atomic E-state index is 11.4. The number of hydrogen-bond acceptors (Lipinski definition) is 14.